The predicted molar refractivity (Wildman–Crippen MR) is 135 cm³/mol. The molecule has 1 aliphatic carbocycles. The summed E-state index contributed by atoms with van der Waals surface area (Å²) in [7, 11) is 0. The molecule has 2 aromatic heterocycles. The third-order valence-electron chi connectivity index (χ3n) is 8.53. The quantitative estimate of drug-likeness (QED) is 0.611. The summed E-state index contributed by atoms with van der Waals surface area (Å²) in [5, 5.41) is 10.2. The van der Waals surface area contributed by atoms with Crippen LogP contribution in [-0.4, -0.2) is 65.6 Å². The number of piperidine rings is 1. The number of hydrogen-bond donors (Lipinski definition) is 1. The molecule has 0 bridgehead atoms. The number of pyridine rings is 1. The number of ketones is 1. The van der Waals surface area contributed by atoms with Crippen LogP contribution in [0.4, 0.5) is 5.82 Å². The number of anilines is 1. The van der Waals surface area contributed by atoms with Crippen molar-refractivity contribution < 1.29 is 9.53 Å². The number of aromatic amines is 1. The van der Waals surface area contributed by atoms with Gasteiger partial charge >= 0.3 is 0 Å². The van der Waals surface area contributed by atoms with E-state index in [4.69, 9.17) is 9.72 Å². The normalized spacial score (nSPS) is 21.4. The molecule has 6 rings (SSSR count). The van der Waals surface area contributed by atoms with Gasteiger partial charge in [0.2, 0.25) is 0 Å². The summed E-state index contributed by atoms with van der Waals surface area (Å²) in [4.78, 5) is 26.8. The smallest absolute Gasteiger partial charge is 0.197 e. The largest absolute Gasteiger partial charge is 0.379 e. The Morgan fingerprint density at radius 1 is 1.09 bits per heavy atom. The molecule has 3 aliphatic rings. The summed E-state index contributed by atoms with van der Waals surface area (Å²) in [6, 6.07) is 9.79. The van der Waals surface area contributed by atoms with E-state index in [9.17, 15) is 10.1 Å². The van der Waals surface area contributed by atoms with Gasteiger partial charge in [0, 0.05) is 65.5 Å². The fourth-order valence-corrected chi connectivity index (χ4v) is 6.19. The topological polar surface area (TPSA) is 85.2 Å². The maximum Gasteiger partial charge on any atom is 0.197 e. The lowest BCUT2D eigenvalue weighted by Crippen LogP contribution is -2.56. The van der Waals surface area contributed by atoms with E-state index in [-0.39, 0.29) is 16.7 Å². The van der Waals surface area contributed by atoms with Gasteiger partial charge in [-0.15, -0.1) is 0 Å². The van der Waals surface area contributed by atoms with Crippen molar-refractivity contribution in [1.29, 1.82) is 5.26 Å². The number of hydrogen-bond acceptors (Lipinski definition) is 6. The van der Waals surface area contributed by atoms with Crippen molar-refractivity contribution in [3.63, 3.8) is 0 Å². The zero-order valence-electron chi connectivity index (χ0n) is 20.6. The molecular weight excluding hydrogens is 438 g/mol. The van der Waals surface area contributed by atoms with E-state index >= 15 is 0 Å². The van der Waals surface area contributed by atoms with Gasteiger partial charge in [0.15, 0.2) is 5.78 Å². The van der Waals surface area contributed by atoms with Crippen LogP contribution in [0.2, 0.25) is 0 Å². The zero-order valence-corrected chi connectivity index (χ0v) is 20.6. The van der Waals surface area contributed by atoms with Gasteiger partial charge in [0.1, 0.15) is 5.82 Å². The second kappa shape index (κ2) is 7.91. The minimum Gasteiger partial charge on any atom is -0.379 e. The van der Waals surface area contributed by atoms with Crippen molar-refractivity contribution in [2.24, 2.45) is 0 Å². The van der Waals surface area contributed by atoms with Crippen LogP contribution in [-0.2, 0) is 10.2 Å². The molecule has 0 saturated carbocycles. The van der Waals surface area contributed by atoms with E-state index in [1.54, 1.807) is 12.3 Å². The Morgan fingerprint density at radius 2 is 1.83 bits per heavy atom. The molecule has 7 nitrogen and oxygen atoms in total. The zero-order chi connectivity index (χ0) is 24.4. The van der Waals surface area contributed by atoms with E-state index in [0.717, 1.165) is 80.2 Å². The van der Waals surface area contributed by atoms with Crippen molar-refractivity contribution in [3.8, 4) is 6.07 Å². The standard InChI is InChI=1S/C28H31N5O2/c1-27(2)21-15-23(32-8-6-28(3,7-9-32)33-10-12-35-13-11-33)30-17-20(21)25(34)24-19-5-4-18(16-29)14-22(19)31-26(24)27/h4-5,14-15,17,31H,6-13H2,1-3H3. The Bertz CT molecular complexity index is 1370. The maximum absolute atomic E-state index is 13.6. The van der Waals surface area contributed by atoms with Crippen LogP contribution < -0.4 is 4.90 Å². The second-order valence-corrected chi connectivity index (χ2v) is 10.9. The summed E-state index contributed by atoms with van der Waals surface area (Å²) in [5.74, 6) is 0.947. The van der Waals surface area contributed by atoms with Gasteiger partial charge in [-0.05, 0) is 43.5 Å². The molecule has 0 amide bonds. The average molecular weight is 470 g/mol. The first-order chi connectivity index (χ1) is 16.8. The number of carbonyl (C=O) groups is 1. The molecule has 2 aliphatic heterocycles. The van der Waals surface area contributed by atoms with Crippen molar-refractivity contribution >= 4 is 22.5 Å². The van der Waals surface area contributed by atoms with Crippen molar-refractivity contribution in [2.75, 3.05) is 44.3 Å². The van der Waals surface area contributed by atoms with Crippen molar-refractivity contribution in [1.82, 2.24) is 14.9 Å². The van der Waals surface area contributed by atoms with E-state index < -0.39 is 0 Å². The first-order valence-corrected chi connectivity index (χ1v) is 12.5. The molecular formula is C28H31N5O2. The second-order valence-electron chi connectivity index (χ2n) is 10.9. The van der Waals surface area contributed by atoms with Crippen LogP contribution in [0.25, 0.3) is 10.9 Å². The lowest BCUT2D eigenvalue weighted by molar-refractivity contribution is -0.0249. The number of nitriles is 1. The van der Waals surface area contributed by atoms with Crippen LogP contribution in [0.1, 0.15) is 66.4 Å². The van der Waals surface area contributed by atoms with Gasteiger partial charge in [-0.25, -0.2) is 4.98 Å². The van der Waals surface area contributed by atoms with E-state index in [2.05, 4.69) is 47.7 Å². The van der Waals surface area contributed by atoms with Crippen LogP contribution in [0.5, 0.6) is 0 Å². The molecule has 0 spiro atoms. The highest BCUT2D eigenvalue weighted by atomic mass is 16.5. The number of fused-ring (bicyclic) bond motifs is 4. The highest BCUT2D eigenvalue weighted by Crippen LogP contribution is 2.44. The molecule has 35 heavy (non-hydrogen) atoms. The van der Waals surface area contributed by atoms with E-state index in [0.29, 0.717) is 16.7 Å². The minimum atomic E-state index is -0.389. The Morgan fingerprint density at radius 3 is 2.54 bits per heavy atom. The average Bonchev–Trinajstić information content (AvgIpc) is 3.28. The number of H-pyrrole nitrogens is 1. The lowest BCUT2D eigenvalue weighted by Gasteiger charge is -2.48. The molecule has 7 heteroatoms. The lowest BCUT2D eigenvalue weighted by atomic mass is 9.72. The summed E-state index contributed by atoms with van der Waals surface area (Å²) in [6.07, 6.45) is 3.94. The molecule has 4 heterocycles. The van der Waals surface area contributed by atoms with Gasteiger partial charge in [0.25, 0.3) is 0 Å². The molecule has 0 atom stereocenters. The molecule has 1 N–H and O–H groups in total. The highest BCUT2D eigenvalue weighted by molar-refractivity contribution is 6.20. The molecule has 180 valence electrons. The number of morpholine rings is 1. The SMILES string of the molecule is CC1(C)c2cc(N3CCC(C)(N4CCOCC4)CC3)ncc2C(=O)c2c1[nH]c1cc(C#N)ccc21. The van der Waals surface area contributed by atoms with E-state index in [1.165, 1.54) is 0 Å². The highest BCUT2D eigenvalue weighted by Gasteiger charge is 2.41. The molecule has 1 aromatic carbocycles. The molecule has 0 radical (unpaired) electrons. The third kappa shape index (κ3) is 3.39. The number of aromatic nitrogens is 2. The Hall–Kier alpha value is -3.21. The van der Waals surface area contributed by atoms with Gasteiger partial charge in [-0.2, -0.15) is 5.26 Å². The van der Waals surface area contributed by atoms with Gasteiger partial charge in [-0.1, -0.05) is 19.9 Å². The molecule has 2 fully saturated rings. The predicted octanol–water partition coefficient (Wildman–Crippen LogP) is 4.00. The van der Waals surface area contributed by atoms with Gasteiger partial charge < -0.3 is 14.6 Å². The number of nitrogens with one attached hydrogen (secondary N) is 1. The summed E-state index contributed by atoms with van der Waals surface area (Å²) in [6.45, 7) is 12.3. The fraction of sp³-hybridized carbons (Fsp3) is 0.464. The molecule has 2 saturated heterocycles. The van der Waals surface area contributed by atoms with Crippen LogP contribution >= 0.6 is 0 Å². The Balaban J connectivity index is 1.32. The minimum absolute atomic E-state index is 0.00266. The van der Waals surface area contributed by atoms with Crippen molar-refractivity contribution in [3.05, 3.63) is 58.4 Å². The van der Waals surface area contributed by atoms with Crippen molar-refractivity contribution in [2.45, 2.75) is 44.6 Å². The van der Waals surface area contributed by atoms with Crippen LogP contribution in [0.15, 0.2) is 30.5 Å². The van der Waals surface area contributed by atoms with Gasteiger partial charge in [-0.3, -0.25) is 9.69 Å². The number of rotatable bonds is 2. The monoisotopic (exact) mass is 469 g/mol. The Kier molecular flexibility index (Phi) is 5.03. The summed E-state index contributed by atoms with van der Waals surface area (Å²) < 4.78 is 5.56. The summed E-state index contributed by atoms with van der Waals surface area (Å²) >= 11 is 0. The maximum atomic E-state index is 13.6. The molecule has 0 unspecified atom stereocenters. The number of carbonyl (C=O) groups excluding carboxylic acids is 1. The first kappa shape index (κ1) is 22.3. The Labute approximate surface area is 205 Å². The third-order valence-corrected chi connectivity index (χ3v) is 8.53. The number of ether oxygens (including phenoxy) is 1. The van der Waals surface area contributed by atoms with Crippen LogP contribution in [0.3, 0.4) is 0 Å². The number of nitrogens with zero attached hydrogens (tertiary/aromatic N) is 4. The first-order valence-electron chi connectivity index (χ1n) is 12.5. The van der Waals surface area contributed by atoms with E-state index in [1.807, 2.05) is 12.1 Å². The fourth-order valence-electron chi connectivity index (χ4n) is 6.19. The summed E-state index contributed by atoms with van der Waals surface area (Å²) in [5.41, 5.74) is 4.52. The van der Waals surface area contributed by atoms with Crippen LogP contribution in [0, 0.1) is 11.3 Å². The number of benzene rings is 1. The molecule has 3 aromatic rings. The van der Waals surface area contributed by atoms with Gasteiger partial charge in [0.05, 0.1) is 30.4 Å².